The van der Waals surface area contributed by atoms with Gasteiger partial charge in [0.25, 0.3) is 0 Å². The maximum atomic E-state index is 12.1. The molecule has 1 aromatic rings. The van der Waals surface area contributed by atoms with E-state index in [1.165, 1.54) is 25.3 Å². The lowest BCUT2D eigenvalue weighted by Crippen LogP contribution is -2.41. The lowest BCUT2D eigenvalue weighted by molar-refractivity contribution is -0.142. The highest BCUT2D eigenvalue weighted by Gasteiger charge is 2.26. The van der Waals surface area contributed by atoms with Gasteiger partial charge in [-0.2, -0.15) is 0 Å². The van der Waals surface area contributed by atoms with Crippen LogP contribution in [0.3, 0.4) is 0 Å². The van der Waals surface area contributed by atoms with Gasteiger partial charge in [-0.3, -0.25) is 4.79 Å². The summed E-state index contributed by atoms with van der Waals surface area (Å²) in [6.07, 6.45) is 3.32. The summed E-state index contributed by atoms with van der Waals surface area (Å²) in [6, 6.07) is 3.70. The zero-order chi connectivity index (χ0) is 18.6. The minimum Gasteiger partial charge on any atom is -0.497 e. The largest absolute Gasteiger partial charge is 0.497 e. The zero-order valence-corrected chi connectivity index (χ0v) is 14.9. The summed E-state index contributed by atoms with van der Waals surface area (Å²) in [5, 5.41) is 14.4. The summed E-state index contributed by atoms with van der Waals surface area (Å²) < 4.78 is 28.5. The Morgan fingerprint density at radius 1 is 1.16 bits per heavy atom. The van der Waals surface area contributed by atoms with Crippen LogP contribution in [0.1, 0.15) is 25.7 Å². The van der Waals surface area contributed by atoms with E-state index in [-0.39, 0.29) is 16.9 Å². The minimum atomic E-state index is -3.44. The van der Waals surface area contributed by atoms with Crippen molar-refractivity contribution >= 4 is 27.5 Å². The summed E-state index contributed by atoms with van der Waals surface area (Å²) in [5.74, 6) is -0.829. The second kappa shape index (κ2) is 7.73. The van der Waals surface area contributed by atoms with Crippen LogP contribution in [0.25, 0.3) is 0 Å². The molecule has 0 unspecified atom stereocenters. The van der Waals surface area contributed by atoms with Crippen LogP contribution in [0.5, 0.6) is 5.75 Å². The van der Waals surface area contributed by atoms with E-state index in [2.05, 4.69) is 10.6 Å². The van der Waals surface area contributed by atoms with Gasteiger partial charge in [0.2, 0.25) is 0 Å². The predicted molar refractivity (Wildman–Crippen MR) is 91.6 cm³/mol. The van der Waals surface area contributed by atoms with Crippen molar-refractivity contribution in [2.75, 3.05) is 18.7 Å². The van der Waals surface area contributed by atoms with E-state index < -0.39 is 21.8 Å². The van der Waals surface area contributed by atoms with E-state index in [1.807, 2.05) is 0 Å². The second-order valence-corrected chi connectivity index (χ2v) is 8.17. The number of sulfone groups is 1. The number of rotatable bonds is 5. The monoisotopic (exact) mass is 370 g/mol. The maximum absolute atomic E-state index is 12.1. The van der Waals surface area contributed by atoms with Gasteiger partial charge in [-0.1, -0.05) is 0 Å². The Labute approximate surface area is 146 Å². The molecule has 1 saturated carbocycles. The predicted octanol–water partition coefficient (Wildman–Crippen LogP) is 1.86. The first-order valence-corrected chi connectivity index (χ1v) is 9.77. The number of amides is 2. The molecule has 1 aromatic carbocycles. The molecule has 1 aliphatic carbocycles. The number of methoxy groups -OCH3 is 1. The average molecular weight is 370 g/mol. The van der Waals surface area contributed by atoms with Crippen molar-refractivity contribution in [1.29, 1.82) is 0 Å². The molecule has 0 spiro atoms. The summed E-state index contributed by atoms with van der Waals surface area (Å²) in [7, 11) is -2.03. The molecule has 138 valence electrons. The smallest absolute Gasteiger partial charge is 0.319 e. The highest BCUT2D eigenvalue weighted by atomic mass is 32.2. The molecule has 1 fully saturated rings. The van der Waals surface area contributed by atoms with E-state index in [0.29, 0.717) is 37.1 Å². The molecule has 0 saturated heterocycles. The Bertz CT molecular complexity index is 754. The number of hydrogen-bond acceptors (Lipinski definition) is 5. The van der Waals surface area contributed by atoms with Crippen molar-refractivity contribution in [3.63, 3.8) is 0 Å². The third-order valence-electron chi connectivity index (χ3n) is 4.21. The van der Waals surface area contributed by atoms with Gasteiger partial charge < -0.3 is 20.5 Å². The van der Waals surface area contributed by atoms with Gasteiger partial charge in [-0.05, 0) is 37.8 Å². The molecule has 2 amide bonds. The molecule has 0 atom stereocenters. The summed E-state index contributed by atoms with van der Waals surface area (Å²) in [5.41, 5.74) is 0.302. The number of hydrogen-bond donors (Lipinski definition) is 3. The van der Waals surface area contributed by atoms with Gasteiger partial charge in [0.1, 0.15) is 5.75 Å². The number of carboxylic acids is 1. The van der Waals surface area contributed by atoms with Crippen molar-refractivity contribution in [2.24, 2.45) is 5.92 Å². The number of ether oxygens (including phenoxy) is 1. The van der Waals surface area contributed by atoms with Gasteiger partial charge in [-0.25, -0.2) is 13.2 Å². The Hall–Kier alpha value is -2.29. The molecule has 0 aromatic heterocycles. The number of aliphatic carboxylic acids is 1. The fourth-order valence-corrected chi connectivity index (χ4v) is 3.48. The first kappa shape index (κ1) is 19.0. The van der Waals surface area contributed by atoms with E-state index in [9.17, 15) is 18.0 Å². The van der Waals surface area contributed by atoms with Crippen molar-refractivity contribution in [3.05, 3.63) is 18.2 Å². The van der Waals surface area contributed by atoms with Crippen LogP contribution in [-0.4, -0.2) is 44.9 Å². The van der Waals surface area contributed by atoms with Crippen molar-refractivity contribution in [3.8, 4) is 5.75 Å². The number of anilines is 1. The van der Waals surface area contributed by atoms with Crippen molar-refractivity contribution < 1.29 is 27.9 Å². The van der Waals surface area contributed by atoms with Crippen molar-refractivity contribution in [1.82, 2.24) is 5.32 Å². The molecule has 25 heavy (non-hydrogen) atoms. The number of carboxylic acid groups (broad SMARTS) is 1. The molecule has 0 heterocycles. The minimum absolute atomic E-state index is 0.0455. The molecule has 0 aliphatic heterocycles. The van der Waals surface area contributed by atoms with E-state index in [1.54, 1.807) is 0 Å². The Kier molecular flexibility index (Phi) is 5.89. The quantitative estimate of drug-likeness (QED) is 0.727. The molecule has 0 radical (unpaired) electrons. The van der Waals surface area contributed by atoms with Gasteiger partial charge >= 0.3 is 12.0 Å². The van der Waals surface area contributed by atoms with Gasteiger partial charge in [0.15, 0.2) is 9.84 Å². The van der Waals surface area contributed by atoms with Crippen LogP contribution in [-0.2, 0) is 14.6 Å². The van der Waals surface area contributed by atoms with Crippen LogP contribution >= 0.6 is 0 Å². The standard InChI is InChI=1S/C16H22N2O6S/c1-24-13-7-12(8-14(9-13)25(2,22)23)18-16(21)17-11-5-3-10(4-6-11)15(19)20/h7-11H,3-6H2,1-2H3,(H,19,20)(H2,17,18,21). The number of nitrogens with one attached hydrogen (secondary N) is 2. The molecule has 0 bridgehead atoms. The maximum Gasteiger partial charge on any atom is 0.319 e. The third kappa shape index (κ3) is 5.35. The number of benzene rings is 1. The number of carbonyl (C=O) groups excluding carboxylic acids is 1. The zero-order valence-electron chi connectivity index (χ0n) is 14.1. The second-order valence-electron chi connectivity index (χ2n) is 6.15. The first-order chi connectivity index (χ1) is 11.7. The summed E-state index contributed by atoms with van der Waals surface area (Å²) >= 11 is 0. The SMILES string of the molecule is COc1cc(NC(=O)NC2CCC(C(=O)O)CC2)cc(S(C)(=O)=O)c1. The van der Waals surface area contributed by atoms with E-state index in [0.717, 1.165) is 6.26 Å². The summed E-state index contributed by atoms with van der Waals surface area (Å²) in [4.78, 5) is 23.1. The lowest BCUT2D eigenvalue weighted by Gasteiger charge is -2.26. The van der Waals surface area contributed by atoms with Crippen LogP contribution in [0, 0.1) is 5.92 Å². The number of urea groups is 1. The van der Waals surface area contributed by atoms with Crippen LogP contribution in [0.2, 0.25) is 0 Å². The Balaban J connectivity index is 2.00. The molecule has 3 N–H and O–H groups in total. The fraction of sp³-hybridized carbons (Fsp3) is 0.500. The average Bonchev–Trinajstić information content (AvgIpc) is 2.54. The van der Waals surface area contributed by atoms with Gasteiger partial charge in [-0.15, -0.1) is 0 Å². The van der Waals surface area contributed by atoms with E-state index in [4.69, 9.17) is 9.84 Å². The molecule has 8 nitrogen and oxygen atoms in total. The molecule has 9 heteroatoms. The molecule has 2 rings (SSSR count). The lowest BCUT2D eigenvalue weighted by atomic mass is 9.86. The Morgan fingerprint density at radius 2 is 1.80 bits per heavy atom. The first-order valence-electron chi connectivity index (χ1n) is 7.88. The highest BCUT2D eigenvalue weighted by Crippen LogP contribution is 2.26. The van der Waals surface area contributed by atoms with Crippen LogP contribution in [0.4, 0.5) is 10.5 Å². The summed E-state index contributed by atoms with van der Waals surface area (Å²) in [6.45, 7) is 0. The van der Waals surface area contributed by atoms with Gasteiger partial charge in [0, 0.05) is 24.1 Å². The van der Waals surface area contributed by atoms with Gasteiger partial charge in [0.05, 0.1) is 17.9 Å². The van der Waals surface area contributed by atoms with Crippen LogP contribution < -0.4 is 15.4 Å². The fourth-order valence-electron chi connectivity index (χ4n) is 2.81. The van der Waals surface area contributed by atoms with Crippen LogP contribution in [0.15, 0.2) is 23.1 Å². The van der Waals surface area contributed by atoms with Crippen molar-refractivity contribution in [2.45, 2.75) is 36.6 Å². The number of carbonyl (C=O) groups is 2. The topological polar surface area (TPSA) is 122 Å². The van der Waals surface area contributed by atoms with E-state index >= 15 is 0 Å². The Morgan fingerprint density at radius 3 is 2.32 bits per heavy atom. The highest BCUT2D eigenvalue weighted by molar-refractivity contribution is 7.90. The molecular weight excluding hydrogens is 348 g/mol. The normalized spacial score (nSPS) is 20.6. The third-order valence-corrected chi connectivity index (χ3v) is 5.31. The molecule has 1 aliphatic rings. The molecular formula is C16H22N2O6S.